The number of pyridine rings is 1. The zero-order chi connectivity index (χ0) is 22.2. The van der Waals surface area contributed by atoms with Gasteiger partial charge in [0, 0.05) is 25.4 Å². The second-order valence-corrected chi connectivity index (χ2v) is 8.95. The fourth-order valence-corrected chi connectivity index (χ4v) is 4.53. The Balaban J connectivity index is 1.65. The number of fused-ring (bicyclic) bond motifs is 2. The minimum absolute atomic E-state index is 0.0925. The van der Waals surface area contributed by atoms with E-state index in [4.69, 9.17) is 9.47 Å². The first-order valence-corrected chi connectivity index (χ1v) is 11.3. The van der Waals surface area contributed by atoms with Crippen LogP contribution in [0.25, 0.3) is 28.1 Å². The van der Waals surface area contributed by atoms with Crippen LogP contribution in [-0.4, -0.2) is 17.6 Å². The average molecular weight is 553 g/mol. The second kappa shape index (κ2) is 8.41. The first-order chi connectivity index (χ1) is 15.5. The molecule has 5 rings (SSSR count). The van der Waals surface area contributed by atoms with Gasteiger partial charge in [-0.2, -0.15) is 0 Å². The molecule has 1 aliphatic heterocycles. The summed E-state index contributed by atoms with van der Waals surface area (Å²) in [4.78, 5) is 29.2. The highest BCUT2D eigenvalue weighted by atomic mass is 79.9. The number of aromatic amines is 1. The summed E-state index contributed by atoms with van der Waals surface area (Å²) >= 11 is 6.99. The Labute approximate surface area is 199 Å². The fraction of sp³-hybridized carbons (Fsp3) is 0.0400. The Morgan fingerprint density at radius 3 is 2.50 bits per heavy atom. The largest absolute Gasteiger partial charge is 0.454 e. The molecule has 0 atom stereocenters. The zero-order valence-corrected chi connectivity index (χ0v) is 19.7. The lowest BCUT2D eigenvalue weighted by Gasteiger charge is -2.12. The van der Waals surface area contributed by atoms with E-state index in [0.29, 0.717) is 22.6 Å². The maximum absolute atomic E-state index is 13.3. The molecule has 158 valence electrons. The molecule has 5 nitrogen and oxygen atoms in total. The van der Waals surface area contributed by atoms with Crippen LogP contribution in [0.4, 0.5) is 0 Å². The van der Waals surface area contributed by atoms with E-state index in [-0.39, 0.29) is 12.4 Å². The topological polar surface area (TPSA) is 68.4 Å². The lowest BCUT2D eigenvalue weighted by Crippen LogP contribution is -2.18. The van der Waals surface area contributed by atoms with E-state index in [2.05, 4.69) is 36.8 Å². The van der Waals surface area contributed by atoms with E-state index in [1.54, 1.807) is 18.2 Å². The Morgan fingerprint density at radius 1 is 0.969 bits per heavy atom. The van der Waals surface area contributed by atoms with Crippen LogP contribution < -0.4 is 15.0 Å². The molecule has 7 heteroatoms. The number of rotatable bonds is 4. The molecule has 0 saturated carbocycles. The molecular formula is C25H15Br2NO4. The van der Waals surface area contributed by atoms with E-state index in [0.717, 1.165) is 25.5 Å². The normalized spacial score (nSPS) is 12.6. The van der Waals surface area contributed by atoms with Gasteiger partial charge in [-0.05, 0) is 53.6 Å². The number of carbonyl (C=O) groups is 1. The number of aromatic nitrogens is 1. The molecular weight excluding hydrogens is 538 g/mol. The SMILES string of the molecule is O=C(/C=C/c1cc2c(cc1Br)OCO2)c1c(-c2ccccc2)c2cc(Br)ccc2[nH]c1=O. The number of halogens is 2. The van der Waals surface area contributed by atoms with Crippen molar-refractivity contribution in [2.45, 2.75) is 0 Å². The molecule has 3 aromatic carbocycles. The van der Waals surface area contributed by atoms with Crippen molar-refractivity contribution in [3.8, 4) is 22.6 Å². The van der Waals surface area contributed by atoms with Crippen molar-refractivity contribution in [1.29, 1.82) is 0 Å². The van der Waals surface area contributed by atoms with Crippen molar-refractivity contribution < 1.29 is 14.3 Å². The van der Waals surface area contributed by atoms with Gasteiger partial charge in [-0.25, -0.2) is 0 Å². The summed E-state index contributed by atoms with van der Waals surface area (Å²) in [6.45, 7) is 0.163. The van der Waals surface area contributed by atoms with Crippen LogP contribution in [0, 0.1) is 0 Å². The van der Waals surface area contributed by atoms with Crippen LogP contribution in [0.5, 0.6) is 11.5 Å². The molecule has 0 fully saturated rings. The van der Waals surface area contributed by atoms with Crippen LogP contribution >= 0.6 is 31.9 Å². The van der Waals surface area contributed by atoms with Crippen molar-refractivity contribution in [3.63, 3.8) is 0 Å². The highest BCUT2D eigenvalue weighted by molar-refractivity contribution is 9.10. The summed E-state index contributed by atoms with van der Waals surface area (Å²) in [6, 6.07) is 18.6. The van der Waals surface area contributed by atoms with Crippen molar-refractivity contribution in [1.82, 2.24) is 4.98 Å². The molecule has 0 spiro atoms. The number of benzene rings is 3. The molecule has 1 N–H and O–H groups in total. The number of ether oxygens (including phenoxy) is 2. The molecule has 0 amide bonds. The smallest absolute Gasteiger partial charge is 0.260 e. The Kier molecular flexibility index (Phi) is 5.45. The molecule has 0 unspecified atom stereocenters. The maximum atomic E-state index is 13.3. The van der Waals surface area contributed by atoms with Crippen molar-refractivity contribution >= 4 is 54.6 Å². The minimum atomic E-state index is -0.432. The van der Waals surface area contributed by atoms with Crippen LogP contribution in [0.3, 0.4) is 0 Å². The third-order valence-electron chi connectivity index (χ3n) is 5.19. The van der Waals surface area contributed by atoms with E-state index in [1.165, 1.54) is 6.08 Å². The Morgan fingerprint density at radius 2 is 1.72 bits per heavy atom. The van der Waals surface area contributed by atoms with Crippen LogP contribution in [0.2, 0.25) is 0 Å². The van der Waals surface area contributed by atoms with Crippen LogP contribution in [0.1, 0.15) is 15.9 Å². The number of carbonyl (C=O) groups excluding carboxylic acids is 1. The van der Waals surface area contributed by atoms with Crippen molar-refractivity contribution in [3.05, 3.63) is 97.2 Å². The maximum Gasteiger partial charge on any atom is 0.260 e. The predicted molar refractivity (Wildman–Crippen MR) is 131 cm³/mol. The monoisotopic (exact) mass is 551 g/mol. The number of H-pyrrole nitrogens is 1. The third-order valence-corrected chi connectivity index (χ3v) is 6.37. The van der Waals surface area contributed by atoms with E-state index < -0.39 is 11.3 Å². The molecule has 4 aromatic rings. The molecule has 0 bridgehead atoms. The highest BCUT2D eigenvalue weighted by Crippen LogP contribution is 2.37. The van der Waals surface area contributed by atoms with Crippen molar-refractivity contribution in [2.24, 2.45) is 0 Å². The van der Waals surface area contributed by atoms with Crippen LogP contribution in [-0.2, 0) is 0 Å². The second-order valence-electron chi connectivity index (χ2n) is 7.18. The molecule has 0 radical (unpaired) electrons. The summed E-state index contributed by atoms with van der Waals surface area (Å²) in [5, 5.41) is 0.784. The third kappa shape index (κ3) is 3.78. The summed E-state index contributed by atoms with van der Waals surface area (Å²) in [7, 11) is 0. The number of nitrogens with one attached hydrogen (secondary N) is 1. The first-order valence-electron chi connectivity index (χ1n) is 9.74. The first kappa shape index (κ1) is 20.7. The number of hydrogen-bond donors (Lipinski definition) is 1. The zero-order valence-electron chi connectivity index (χ0n) is 16.5. The van der Waals surface area contributed by atoms with Gasteiger partial charge >= 0.3 is 0 Å². The highest BCUT2D eigenvalue weighted by Gasteiger charge is 2.20. The Bertz CT molecular complexity index is 1460. The van der Waals surface area contributed by atoms with Gasteiger partial charge < -0.3 is 14.5 Å². The summed E-state index contributed by atoms with van der Waals surface area (Å²) in [6.07, 6.45) is 3.07. The van der Waals surface area contributed by atoms with E-state index in [9.17, 15) is 9.59 Å². The standard InChI is InChI=1S/C25H15Br2NO4/c26-16-7-8-19-17(11-16)23(14-4-2-1-3-5-14)24(25(30)28-19)20(29)9-6-15-10-21-22(12-18(15)27)32-13-31-21/h1-12H,13H2,(H,28,30)/b9-6+. The summed E-state index contributed by atoms with van der Waals surface area (Å²) in [5.41, 5.74) is 2.46. The average Bonchev–Trinajstić information content (AvgIpc) is 3.24. The van der Waals surface area contributed by atoms with Gasteiger partial charge in [-0.3, -0.25) is 9.59 Å². The van der Waals surface area contributed by atoms with Crippen LogP contribution in [0.15, 0.2) is 80.5 Å². The number of hydrogen-bond acceptors (Lipinski definition) is 4. The molecule has 1 aromatic heterocycles. The molecule has 1 aliphatic rings. The van der Waals surface area contributed by atoms with Gasteiger partial charge in [0.1, 0.15) is 0 Å². The lowest BCUT2D eigenvalue weighted by atomic mass is 9.94. The molecule has 0 aliphatic carbocycles. The van der Waals surface area contributed by atoms with E-state index >= 15 is 0 Å². The summed E-state index contributed by atoms with van der Waals surface area (Å²) < 4.78 is 12.4. The van der Waals surface area contributed by atoms with Crippen molar-refractivity contribution in [2.75, 3.05) is 6.79 Å². The Hall–Kier alpha value is -3.16. The van der Waals surface area contributed by atoms with E-state index in [1.807, 2.05) is 48.5 Å². The lowest BCUT2D eigenvalue weighted by molar-refractivity contribution is 0.104. The van der Waals surface area contributed by atoms with Gasteiger partial charge in [-0.1, -0.05) is 62.2 Å². The minimum Gasteiger partial charge on any atom is -0.454 e. The summed E-state index contributed by atoms with van der Waals surface area (Å²) in [5.74, 6) is 0.860. The van der Waals surface area contributed by atoms with Gasteiger partial charge in [0.05, 0.1) is 5.56 Å². The quantitative estimate of drug-likeness (QED) is 0.237. The molecule has 32 heavy (non-hydrogen) atoms. The predicted octanol–water partition coefficient (Wildman–Crippen LogP) is 6.34. The fourth-order valence-electron chi connectivity index (χ4n) is 3.71. The van der Waals surface area contributed by atoms with Gasteiger partial charge in [-0.15, -0.1) is 0 Å². The molecule has 2 heterocycles. The van der Waals surface area contributed by atoms with Gasteiger partial charge in [0.2, 0.25) is 6.79 Å². The van der Waals surface area contributed by atoms with Gasteiger partial charge in [0.25, 0.3) is 5.56 Å². The molecule has 0 saturated heterocycles. The number of allylic oxidation sites excluding steroid dienone is 1. The van der Waals surface area contributed by atoms with Gasteiger partial charge in [0.15, 0.2) is 17.3 Å². The number of ketones is 1.